The number of amides is 1. The largest absolute Gasteiger partial charge is 0.356 e. The molecular formula is C20H26ClIN4O. The fourth-order valence-electron chi connectivity index (χ4n) is 2.48. The lowest BCUT2D eigenvalue weighted by molar-refractivity contribution is -0.130. The predicted octanol–water partition coefficient (Wildman–Crippen LogP) is 3.67. The van der Waals surface area contributed by atoms with Crippen molar-refractivity contribution in [1.29, 1.82) is 0 Å². The minimum absolute atomic E-state index is 0. The zero-order valence-corrected chi connectivity index (χ0v) is 18.7. The highest BCUT2D eigenvalue weighted by Gasteiger charge is 2.09. The minimum atomic E-state index is 0. The van der Waals surface area contributed by atoms with E-state index in [1.165, 1.54) is 0 Å². The summed E-state index contributed by atoms with van der Waals surface area (Å²) in [4.78, 5) is 18.2. The molecule has 2 aromatic carbocycles. The molecule has 146 valence electrons. The molecule has 2 N–H and O–H groups in total. The molecular weight excluding hydrogens is 475 g/mol. The van der Waals surface area contributed by atoms with Gasteiger partial charge in [-0.1, -0.05) is 54.1 Å². The van der Waals surface area contributed by atoms with Gasteiger partial charge in [-0.25, -0.2) is 0 Å². The number of carbonyl (C=O) groups is 1. The van der Waals surface area contributed by atoms with Crippen molar-refractivity contribution in [3.63, 3.8) is 0 Å². The Bertz CT molecular complexity index is 740. The summed E-state index contributed by atoms with van der Waals surface area (Å²) >= 11 is 5.98. The Morgan fingerprint density at radius 2 is 1.78 bits per heavy atom. The van der Waals surface area contributed by atoms with Gasteiger partial charge in [0.25, 0.3) is 0 Å². The van der Waals surface area contributed by atoms with Gasteiger partial charge in [-0.2, -0.15) is 0 Å². The van der Waals surface area contributed by atoms with Gasteiger partial charge in [0, 0.05) is 45.2 Å². The molecule has 27 heavy (non-hydrogen) atoms. The molecule has 0 aliphatic carbocycles. The number of carbonyl (C=O) groups excluding carboxylic acids is 1. The van der Waals surface area contributed by atoms with E-state index < -0.39 is 0 Å². The van der Waals surface area contributed by atoms with E-state index in [1.807, 2.05) is 61.6 Å². The average molecular weight is 501 g/mol. The van der Waals surface area contributed by atoms with Crippen LogP contribution in [-0.2, 0) is 17.9 Å². The van der Waals surface area contributed by atoms with E-state index in [2.05, 4.69) is 15.6 Å². The quantitative estimate of drug-likeness (QED) is 0.346. The van der Waals surface area contributed by atoms with Gasteiger partial charge in [-0.3, -0.25) is 9.79 Å². The predicted molar refractivity (Wildman–Crippen MR) is 123 cm³/mol. The van der Waals surface area contributed by atoms with Crippen molar-refractivity contribution in [2.24, 2.45) is 4.99 Å². The van der Waals surface area contributed by atoms with Crippen LogP contribution in [-0.4, -0.2) is 37.4 Å². The van der Waals surface area contributed by atoms with Crippen LogP contribution < -0.4 is 10.6 Å². The lowest BCUT2D eigenvalue weighted by Crippen LogP contribution is -2.39. The number of hydrogen-bond donors (Lipinski definition) is 2. The van der Waals surface area contributed by atoms with Gasteiger partial charge >= 0.3 is 0 Å². The minimum Gasteiger partial charge on any atom is -0.356 e. The lowest BCUT2D eigenvalue weighted by Gasteiger charge is -2.18. The summed E-state index contributed by atoms with van der Waals surface area (Å²) in [6.07, 6.45) is 0.404. The van der Waals surface area contributed by atoms with Crippen molar-refractivity contribution < 1.29 is 4.79 Å². The Kier molecular flexibility index (Phi) is 10.8. The molecule has 0 saturated heterocycles. The van der Waals surface area contributed by atoms with Gasteiger partial charge in [0.2, 0.25) is 5.91 Å². The second kappa shape index (κ2) is 12.6. The van der Waals surface area contributed by atoms with E-state index >= 15 is 0 Å². The van der Waals surface area contributed by atoms with E-state index in [9.17, 15) is 4.79 Å². The molecule has 0 aliphatic heterocycles. The molecule has 0 bridgehead atoms. The molecule has 0 aliphatic rings. The van der Waals surface area contributed by atoms with Crippen molar-refractivity contribution >= 4 is 47.4 Å². The Labute approximate surface area is 183 Å². The number of halogens is 2. The van der Waals surface area contributed by atoms with Crippen LogP contribution in [0.2, 0.25) is 5.02 Å². The zero-order chi connectivity index (χ0) is 18.8. The Balaban J connectivity index is 0.00000364. The molecule has 7 heteroatoms. The first-order valence-corrected chi connectivity index (χ1v) is 8.93. The first-order chi connectivity index (χ1) is 12.6. The number of benzene rings is 2. The van der Waals surface area contributed by atoms with Gasteiger partial charge in [0.1, 0.15) is 0 Å². The van der Waals surface area contributed by atoms with Gasteiger partial charge in [-0.05, 0) is 23.3 Å². The van der Waals surface area contributed by atoms with Crippen molar-refractivity contribution in [3.05, 3.63) is 70.7 Å². The number of guanidine groups is 1. The molecule has 0 aromatic heterocycles. The molecule has 5 nitrogen and oxygen atoms in total. The summed E-state index contributed by atoms with van der Waals surface area (Å²) in [5.41, 5.74) is 2.19. The Morgan fingerprint density at radius 3 is 2.44 bits per heavy atom. The molecule has 0 saturated carbocycles. The standard InChI is InChI=1S/C20H25ClN4O.HI/c1-22-20(24-14-17-9-6-10-18(21)13-17)23-12-11-19(26)25(2)15-16-7-4-3-5-8-16;/h3-10,13H,11-12,14-15H2,1-2H3,(H2,22,23,24);1H. The highest BCUT2D eigenvalue weighted by Crippen LogP contribution is 2.10. The van der Waals surface area contributed by atoms with Crippen LogP contribution in [0.25, 0.3) is 0 Å². The van der Waals surface area contributed by atoms with E-state index in [0.29, 0.717) is 37.0 Å². The van der Waals surface area contributed by atoms with Gasteiger partial charge < -0.3 is 15.5 Å². The number of nitrogens with zero attached hydrogens (tertiary/aromatic N) is 2. The van der Waals surface area contributed by atoms with Gasteiger partial charge in [0.05, 0.1) is 0 Å². The highest BCUT2D eigenvalue weighted by molar-refractivity contribution is 14.0. The average Bonchev–Trinajstić information content (AvgIpc) is 2.65. The third-order valence-corrected chi connectivity index (χ3v) is 4.13. The second-order valence-corrected chi connectivity index (χ2v) is 6.40. The molecule has 2 rings (SSSR count). The molecule has 0 unspecified atom stereocenters. The topological polar surface area (TPSA) is 56.7 Å². The maximum atomic E-state index is 12.2. The van der Waals surface area contributed by atoms with Crippen LogP contribution in [0.1, 0.15) is 17.5 Å². The fourth-order valence-corrected chi connectivity index (χ4v) is 2.69. The molecule has 0 heterocycles. The molecule has 1 amide bonds. The Hall–Kier alpha value is -1.80. The summed E-state index contributed by atoms with van der Waals surface area (Å²) in [6, 6.07) is 17.6. The summed E-state index contributed by atoms with van der Waals surface area (Å²) in [5, 5.41) is 7.08. The molecule has 0 fully saturated rings. The normalized spacial score (nSPS) is 10.7. The molecule has 0 atom stereocenters. The van der Waals surface area contributed by atoms with Gasteiger partial charge in [0.15, 0.2) is 5.96 Å². The fraction of sp³-hybridized carbons (Fsp3) is 0.300. The van der Waals surface area contributed by atoms with Crippen LogP contribution in [0.4, 0.5) is 0 Å². The first kappa shape index (κ1) is 23.2. The third-order valence-electron chi connectivity index (χ3n) is 3.89. The van der Waals surface area contributed by atoms with Gasteiger partial charge in [-0.15, -0.1) is 24.0 Å². The maximum absolute atomic E-state index is 12.2. The summed E-state index contributed by atoms with van der Waals surface area (Å²) in [5.74, 6) is 0.745. The number of hydrogen-bond acceptors (Lipinski definition) is 2. The second-order valence-electron chi connectivity index (χ2n) is 5.97. The van der Waals surface area contributed by atoms with Crippen LogP contribution >= 0.6 is 35.6 Å². The van der Waals surface area contributed by atoms with Crippen LogP contribution in [0.3, 0.4) is 0 Å². The van der Waals surface area contributed by atoms with E-state index in [-0.39, 0.29) is 29.9 Å². The number of aliphatic imine (C=N–C) groups is 1. The van der Waals surface area contributed by atoms with Crippen molar-refractivity contribution in [1.82, 2.24) is 15.5 Å². The van der Waals surface area contributed by atoms with Crippen LogP contribution in [0.15, 0.2) is 59.6 Å². The van der Waals surface area contributed by atoms with E-state index in [1.54, 1.807) is 11.9 Å². The SMILES string of the molecule is CN=C(NCCC(=O)N(C)Cc1ccccc1)NCc1cccc(Cl)c1.I. The first-order valence-electron chi connectivity index (χ1n) is 8.55. The van der Waals surface area contributed by atoms with Crippen molar-refractivity contribution in [2.45, 2.75) is 19.5 Å². The summed E-state index contributed by atoms with van der Waals surface area (Å²) in [7, 11) is 3.53. The molecule has 2 aromatic rings. The van der Waals surface area contributed by atoms with E-state index in [0.717, 1.165) is 11.1 Å². The third kappa shape index (κ3) is 8.62. The zero-order valence-electron chi connectivity index (χ0n) is 15.6. The van der Waals surface area contributed by atoms with E-state index in [4.69, 9.17) is 11.6 Å². The Morgan fingerprint density at radius 1 is 1.07 bits per heavy atom. The summed E-state index contributed by atoms with van der Waals surface area (Å²) in [6.45, 7) is 1.75. The summed E-state index contributed by atoms with van der Waals surface area (Å²) < 4.78 is 0. The van der Waals surface area contributed by atoms with Crippen molar-refractivity contribution in [2.75, 3.05) is 20.6 Å². The number of rotatable bonds is 7. The lowest BCUT2D eigenvalue weighted by atomic mass is 10.2. The molecule has 0 spiro atoms. The molecule has 0 radical (unpaired) electrons. The smallest absolute Gasteiger partial charge is 0.224 e. The monoisotopic (exact) mass is 500 g/mol. The van der Waals surface area contributed by atoms with Crippen molar-refractivity contribution in [3.8, 4) is 0 Å². The van der Waals surface area contributed by atoms with Crippen LogP contribution in [0.5, 0.6) is 0 Å². The maximum Gasteiger partial charge on any atom is 0.224 e. The highest BCUT2D eigenvalue weighted by atomic mass is 127. The van der Waals surface area contributed by atoms with Crippen LogP contribution in [0, 0.1) is 0 Å². The number of nitrogens with one attached hydrogen (secondary N) is 2.